The standard InChI is InChI=1S/C19H26N6OS/c1-4-24(5-2)9-8-20-18(26)16-22-17-15-13-10-12(3)6-7-14(13)27-19(15)21-11-25(17)23-16/h11-12H,4-10H2,1-3H3,(H,20,26). The van der Waals surface area contributed by atoms with Crippen molar-refractivity contribution in [3.05, 3.63) is 22.6 Å². The number of hydrogen-bond donors (Lipinski definition) is 1. The van der Waals surface area contributed by atoms with Crippen LogP contribution in [0.4, 0.5) is 0 Å². The zero-order valence-electron chi connectivity index (χ0n) is 16.2. The van der Waals surface area contributed by atoms with Crippen LogP contribution in [-0.4, -0.2) is 56.6 Å². The van der Waals surface area contributed by atoms with Gasteiger partial charge >= 0.3 is 0 Å². The second-order valence-corrected chi connectivity index (χ2v) is 8.35. The molecule has 1 aliphatic carbocycles. The van der Waals surface area contributed by atoms with Gasteiger partial charge in [-0.15, -0.1) is 16.4 Å². The monoisotopic (exact) mass is 386 g/mol. The summed E-state index contributed by atoms with van der Waals surface area (Å²) in [6, 6.07) is 0. The van der Waals surface area contributed by atoms with E-state index >= 15 is 0 Å². The molecule has 4 rings (SSSR count). The Morgan fingerprint density at radius 2 is 2.22 bits per heavy atom. The molecule has 0 fully saturated rings. The van der Waals surface area contributed by atoms with E-state index in [-0.39, 0.29) is 11.7 Å². The molecule has 3 aromatic rings. The third-order valence-corrected chi connectivity index (χ3v) is 6.64. The third-order valence-electron chi connectivity index (χ3n) is 5.44. The lowest BCUT2D eigenvalue weighted by Crippen LogP contribution is -2.35. The molecule has 0 radical (unpaired) electrons. The van der Waals surface area contributed by atoms with Crippen molar-refractivity contribution >= 4 is 33.1 Å². The van der Waals surface area contributed by atoms with Gasteiger partial charge < -0.3 is 10.2 Å². The van der Waals surface area contributed by atoms with Crippen LogP contribution < -0.4 is 5.32 Å². The quantitative estimate of drug-likeness (QED) is 0.705. The molecule has 0 aromatic carbocycles. The van der Waals surface area contributed by atoms with Crippen molar-refractivity contribution in [1.82, 2.24) is 29.8 Å². The Hall–Kier alpha value is -2.06. The molecule has 27 heavy (non-hydrogen) atoms. The number of fused-ring (bicyclic) bond motifs is 5. The van der Waals surface area contributed by atoms with E-state index in [9.17, 15) is 4.79 Å². The number of likely N-dealkylation sites (N-methyl/N-ethyl adjacent to an activating group) is 1. The van der Waals surface area contributed by atoms with E-state index in [2.05, 4.69) is 46.1 Å². The summed E-state index contributed by atoms with van der Waals surface area (Å²) in [6.07, 6.45) is 5.05. The minimum atomic E-state index is -0.225. The first-order valence-corrected chi connectivity index (χ1v) is 10.6. The van der Waals surface area contributed by atoms with Crippen LogP contribution in [0.15, 0.2) is 6.33 Å². The summed E-state index contributed by atoms with van der Waals surface area (Å²) in [4.78, 5) is 26.3. The smallest absolute Gasteiger partial charge is 0.291 e. The van der Waals surface area contributed by atoms with Gasteiger partial charge in [0.05, 0.1) is 5.39 Å². The van der Waals surface area contributed by atoms with E-state index in [1.54, 1.807) is 22.2 Å². The molecule has 0 saturated carbocycles. The van der Waals surface area contributed by atoms with E-state index in [0.717, 1.165) is 48.3 Å². The zero-order chi connectivity index (χ0) is 19.0. The molecule has 0 bridgehead atoms. The van der Waals surface area contributed by atoms with E-state index in [1.165, 1.54) is 16.9 Å². The van der Waals surface area contributed by atoms with Crippen LogP contribution in [0.3, 0.4) is 0 Å². The van der Waals surface area contributed by atoms with Gasteiger partial charge in [0.15, 0.2) is 5.65 Å². The first kappa shape index (κ1) is 18.3. The number of thiophene rings is 1. The van der Waals surface area contributed by atoms with Gasteiger partial charge in [-0.2, -0.15) is 0 Å². The predicted octanol–water partition coefficient (Wildman–Crippen LogP) is 2.54. The van der Waals surface area contributed by atoms with Gasteiger partial charge in [0.2, 0.25) is 5.82 Å². The Morgan fingerprint density at radius 3 is 3.00 bits per heavy atom. The molecule has 144 valence electrons. The molecule has 1 atom stereocenters. The number of hydrogen-bond acceptors (Lipinski definition) is 6. The van der Waals surface area contributed by atoms with Crippen molar-refractivity contribution in [3.63, 3.8) is 0 Å². The maximum atomic E-state index is 12.5. The molecule has 1 N–H and O–H groups in total. The number of rotatable bonds is 6. The number of carbonyl (C=O) groups is 1. The highest BCUT2D eigenvalue weighted by Gasteiger charge is 2.24. The van der Waals surface area contributed by atoms with E-state index in [4.69, 9.17) is 0 Å². The maximum absolute atomic E-state index is 12.5. The van der Waals surface area contributed by atoms with Crippen LogP contribution in [0.2, 0.25) is 0 Å². The molecule has 0 saturated heterocycles. The Morgan fingerprint density at radius 1 is 1.41 bits per heavy atom. The van der Waals surface area contributed by atoms with E-state index < -0.39 is 0 Å². The Kier molecular flexibility index (Phi) is 5.10. The summed E-state index contributed by atoms with van der Waals surface area (Å²) in [6.45, 7) is 9.90. The number of nitrogens with zero attached hydrogens (tertiary/aromatic N) is 5. The third kappa shape index (κ3) is 3.43. The lowest BCUT2D eigenvalue weighted by Gasteiger charge is -2.17. The molecule has 7 nitrogen and oxygen atoms in total. The molecular weight excluding hydrogens is 360 g/mol. The molecular formula is C19H26N6OS. The van der Waals surface area contributed by atoms with E-state index in [0.29, 0.717) is 12.5 Å². The average molecular weight is 387 g/mol. The van der Waals surface area contributed by atoms with Crippen molar-refractivity contribution in [2.75, 3.05) is 26.2 Å². The van der Waals surface area contributed by atoms with Crippen LogP contribution in [0.5, 0.6) is 0 Å². The van der Waals surface area contributed by atoms with Gasteiger partial charge in [-0.1, -0.05) is 20.8 Å². The number of aryl methyl sites for hydroxylation is 1. The first-order valence-electron chi connectivity index (χ1n) is 9.76. The fourth-order valence-electron chi connectivity index (χ4n) is 3.79. The summed E-state index contributed by atoms with van der Waals surface area (Å²) in [7, 11) is 0. The van der Waals surface area contributed by atoms with Gasteiger partial charge in [-0.05, 0) is 43.8 Å². The van der Waals surface area contributed by atoms with Crippen LogP contribution in [-0.2, 0) is 12.8 Å². The van der Waals surface area contributed by atoms with Crippen molar-refractivity contribution in [3.8, 4) is 0 Å². The largest absolute Gasteiger partial charge is 0.348 e. The van der Waals surface area contributed by atoms with E-state index in [1.807, 2.05) is 0 Å². The van der Waals surface area contributed by atoms with Crippen molar-refractivity contribution in [2.24, 2.45) is 5.92 Å². The number of carbonyl (C=O) groups excluding carboxylic acids is 1. The molecule has 3 aromatic heterocycles. The molecule has 8 heteroatoms. The second-order valence-electron chi connectivity index (χ2n) is 7.26. The highest BCUT2D eigenvalue weighted by Crippen LogP contribution is 2.38. The molecule has 0 aliphatic heterocycles. The highest BCUT2D eigenvalue weighted by atomic mass is 32.1. The summed E-state index contributed by atoms with van der Waals surface area (Å²) in [5, 5.41) is 8.39. The van der Waals surface area contributed by atoms with Crippen molar-refractivity contribution in [2.45, 2.75) is 40.0 Å². The summed E-state index contributed by atoms with van der Waals surface area (Å²) in [5.74, 6) is 0.658. The predicted molar refractivity (Wildman–Crippen MR) is 107 cm³/mol. The normalized spacial score (nSPS) is 17.0. The second kappa shape index (κ2) is 7.52. The lowest BCUT2D eigenvalue weighted by atomic mass is 9.89. The van der Waals surface area contributed by atoms with Crippen molar-refractivity contribution in [1.29, 1.82) is 0 Å². The van der Waals surface area contributed by atoms with Gasteiger partial charge in [0.25, 0.3) is 5.91 Å². The number of aromatic nitrogens is 4. The maximum Gasteiger partial charge on any atom is 0.291 e. The molecule has 1 unspecified atom stereocenters. The Balaban J connectivity index is 1.61. The fraction of sp³-hybridized carbons (Fsp3) is 0.579. The Bertz CT molecular complexity index is 974. The summed E-state index contributed by atoms with van der Waals surface area (Å²) < 4.78 is 1.65. The van der Waals surface area contributed by atoms with Crippen molar-refractivity contribution < 1.29 is 4.79 Å². The number of nitrogens with one attached hydrogen (secondary N) is 1. The highest BCUT2D eigenvalue weighted by molar-refractivity contribution is 7.19. The summed E-state index contributed by atoms with van der Waals surface area (Å²) >= 11 is 1.76. The van der Waals surface area contributed by atoms with Crippen LogP contribution >= 0.6 is 11.3 Å². The Labute approximate surface area is 162 Å². The SMILES string of the molecule is CCN(CC)CCNC(=O)c1nc2c3c4c(sc3ncn2n1)CCC(C)C4. The van der Waals surface area contributed by atoms with Gasteiger partial charge in [-0.3, -0.25) is 4.79 Å². The molecule has 0 spiro atoms. The van der Waals surface area contributed by atoms with Gasteiger partial charge in [-0.25, -0.2) is 14.5 Å². The molecule has 1 amide bonds. The fourth-order valence-corrected chi connectivity index (χ4v) is 4.97. The van der Waals surface area contributed by atoms with Gasteiger partial charge in [0.1, 0.15) is 11.2 Å². The molecule has 1 aliphatic rings. The average Bonchev–Trinajstić information content (AvgIpc) is 3.25. The number of amides is 1. The minimum Gasteiger partial charge on any atom is -0.348 e. The lowest BCUT2D eigenvalue weighted by molar-refractivity contribution is 0.0939. The zero-order valence-corrected chi connectivity index (χ0v) is 17.0. The van der Waals surface area contributed by atoms with Crippen LogP contribution in [0.1, 0.15) is 48.3 Å². The summed E-state index contributed by atoms with van der Waals surface area (Å²) in [5.41, 5.74) is 2.10. The first-order chi connectivity index (χ1) is 13.1. The molecule has 3 heterocycles. The topological polar surface area (TPSA) is 75.4 Å². The van der Waals surface area contributed by atoms with Crippen LogP contribution in [0, 0.1) is 5.92 Å². The minimum absolute atomic E-state index is 0.215. The van der Waals surface area contributed by atoms with Gasteiger partial charge in [0, 0.05) is 18.0 Å². The van der Waals surface area contributed by atoms with Crippen LogP contribution in [0.25, 0.3) is 15.9 Å².